The van der Waals surface area contributed by atoms with Crippen molar-refractivity contribution in [3.05, 3.63) is 23.9 Å². The third-order valence-corrected chi connectivity index (χ3v) is 4.23. The summed E-state index contributed by atoms with van der Waals surface area (Å²) in [5.41, 5.74) is 6.67. The number of hydrogen-bond acceptors (Lipinski definition) is 4. The molecule has 0 saturated carbocycles. The zero-order valence-corrected chi connectivity index (χ0v) is 13.7. The van der Waals surface area contributed by atoms with Crippen molar-refractivity contribution in [2.24, 2.45) is 11.7 Å². The fourth-order valence-corrected chi connectivity index (χ4v) is 2.79. The Hall–Kier alpha value is -1.46. The van der Waals surface area contributed by atoms with Crippen LogP contribution in [0.5, 0.6) is 0 Å². The van der Waals surface area contributed by atoms with Gasteiger partial charge < -0.3 is 16.0 Å². The molecule has 0 spiro atoms. The summed E-state index contributed by atoms with van der Waals surface area (Å²) in [4.78, 5) is 18.9. The van der Waals surface area contributed by atoms with Crippen LogP contribution in [-0.4, -0.2) is 42.0 Å². The van der Waals surface area contributed by atoms with Crippen LogP contribution in [0.1, 0.15) is 44.7 Å². The maximum atomic E-state index is 11.8. The van der Waals surface area contributed by atoms with Crippen LogP contribution in [0.25, 0.3) is 0 Å². The van der Waals surface area contributed by atoms with E-state index in [1.54, 1.807) is 0 Å². The van der Waals surface area contributed by atoms with Crippen LogP contribution in [-0.2, 0) is 4.79 Å². The molecule has 1 aliphatic rings. The van der Waals surface area contributed by atoms with Gasteiger partial charge in [-0.3, -0.25) is 4.79 Å². The predicted molar refractivity (Wildman–Crippen MR) is 89.8 cm³/mol. The minimum atomic E-state index is -0.0313. The van der Waals surface area contributed by atoms with Gasteiger partial charge in [0.05, 0.1) is 0 Å². The molecular formula is C17H28N4O. The molecule has 0 unspecified atom stereocenters. The van der Waals surface area contributed by atoms with Crippen molar-refractivity contribution >= 4 is 11.7 Å². The number of rotatable bonds is 6. The minimum absolute atomic E-state index is 0.0150. The van der Waals surface area contributed by atoms with Gasteiger partial charge in [-0.2, -0.15) is 0 Å². The topological polar surface area (TPSA) is 71.2 Å². The molecule has 1 fully saturated rings. The van der Waals surface area contributed by atoms with Crippen LogP contribution in [0.2, 0.25) is 0 Å². The SMILES string of the molecule is CC(C)C(=O)Nc1cccc(C2CCN(CCCN)CC2)n1. The van der Waals surface area contributed by atoms with Crippen molar-refractivity contribution in [3.8, 4) is 0 Å². The number of likely N-dealkylation sites (tertiary alicyclic amines) is 1. The van der Waals surface area contributed by atoms with E-state index < -0.39 is 0 Å². The van der Waals surface area contributed by atoms with E-state index in [0.717, 1.165) is 51.1 Å². The van der Waals surface area contributed by atoms with Gasteiger partial charge in [0.2, 0.25) is 5.91 Å². The van der Waals surface area contributed by atoms with E-state index >= 15 is 0 Å². The first-order valence-electron chi connectivity index (χ1n) is 8.30. The number of pyridine rings is 1. The quantitative estimate of drug-likeness (QED) is 0.845. The Morgan fingerprint density at radius 3 is 2.77 bits per heavy atom. The number of piperidine rings is 1. The Morgan fingerprint density at radius 2 is 2.14 bits per heavy atom. The van der Waals surface area contributed by atoms with Gasteiger partial charge in [0.25, 0.3) is 0 Å². The fraction of sp³-hybridized carbons (Fsp3) is 0.647. The van der Waals surface area contributed by atoms with E-state index in [1.165, 1.54) is 0 Å². The lowest BCUT2D eigenvalue weighted by molar-refractivity contribution is -0.118. The van der Waals surface area contributed by atoms with Crippen LogP contribution in [0.15, 0.2) is 18.2 Å². The third kappa shape index (κ3) is 4.78. The standard InChI is InChI=1S/C17H28N4O/c1-13(2)17(22)20-16-6-3-5-15(19-16)14-7-11-21(12-8-14)10-4-9-18/h3,5-6,13-14H,4,7-12,18H2,1-2H3,(H,19,20,22). The molecule has 1 amide bonds. The summed E-state index contributed by atoms with van der Waals surface area (Å²) in [6.45, 7) is 7.84. The lowest BCUT2D eigenvalue weighted by Gasteiger charge is -2.31. The molecule has 3 N–H and O–H groups in total. The van der Waals surface area contributed by atoms with Gasteiger partial charge in [-0.25, -0.2) is 4.98 Å². The fourth-order valence-electron chi connectivity index (χ4n) is 2.79. The molecule has 22 heavy (non-hydrogen) atoms. The number of carbonyl (C=O) groups excluding carboxylic acids is 1. The van der Waals surface area contributed by atoms with E-state index in [9.17, 15) is 4.79 Å². The van der Waals surface area contributed by atoms with Crippen molar-refractivity contribution in [1.82, 2.24) is 9.88 Å². The van der Waals surface area contributed by atoms with Gasteiger partial charge in [-0.05, 0) is 57.6 Å². The second kappa shape index (κ2) is 8.25. The molecule has 1 aromatic rings. The van der Waals surface area contributed by atoms with Crippen molar-refractivity contribution in [2.45, 2.75) is 39.0 Å². The van der Waals surface area contributed by atoms with Crippen LogP contribution >= 0.6 is 0 Å². The molecule has 2 heterocycles. The number of nitrogens with one attached hydrogen (secondary N) is 1. The second-order valence-electron chi connectivity index (χ2n) is 6.35. The molecule has 5 heteroatoms. The first-order chi connectivity index (χ1) is 10.6. The molecule has 0 aliphatic carbocycles. The summed E-state index contributed by atoms with van der Waals surface area (Å²) in [6, 6.07) is 5.92. The van der Waals surface area contributed by atoms with Crippen LogP contribution < -0.4 is 11.1 Å². The number of anilines is 1. The molecule has 0 radical (unpaired) electrons. The Labute approximate surface area is 133 Å². The molecule has 1 saturated heterocycles. The van der Waals surface area contributed by atoms with Gasteiger partial charge in [0.15, 0.2) is 0 Å². The van der Waals surface area contributed by atoms with Crippen molar-refractivity contribution in [1.29, 1.82) is 0 Å². The van der Waals surface area contributed by atoms with Crippen molar-refractivity contribution in [3.63, 3.8) is 0 Å². The average molecular weight is 304 g/mol. The zero-order chi connectivity index (χ0) is 15.9. The molecule has 1 aromatic heterocycles. The van der Waals surface area contributed by atoms with E-state index in [4.69, 9.17) is 5.73 Å². The lowest BCUT2D eigenvalue weighted by Crippen LogP contribution is -2.34. The lowest BCUT2D eigenvalue weighted by atomic mass is 9.93. The van der Waals surface area contributed by atoms with Crippen LogP contribution in [0, 0.1) is 5.92 Å². The average Bonchev–Trinajstić information content (AvgIpc) is 2.53. The Balaban J connectivity index is 1.92. The maximum Gasteiger partial charge on any atom is 0.228 e. The number of nitrogens with two attached hydrogens (primary N) is 1. The molecule has 2 rings (SSSR count). The summed E-state index contributed by atoms with van der Waals surface area (Å²) in [7, 11) is 0. The van der Waals surface area contributed by atoms with E-state index in [1.807, 2.05) is 26.0 Å². The Bertz CT molecular complexity index is 481. The zero-order valence-electron chi connectivity index (χ0n) is 13.7. The van der Waals surface area contributed by atoms with Crippen molar-refractivity contribution in [2.75, 3.05) is 31.5 Å². The summed E-state index contributed by atoms with van der Waals surface area (Å²) >= 11 is 0. The molecule has 0 atom stereocenters. The van der Waals surface area contributed by atoms with Gasteiger partial charge in [0.1, 0.15) is 5.82 Å². The number of amides is 1. The highest BCUT2D eigenvalue weighted by atomic mass is 16.1. The minimum Gasteiger partial charge on any atom is -0.330 e. The number of aromatic nitrogens is 1. The maximum absolute atomic E-state index is 11.8. The summed E-state index contributed by atoms with van der Waals surface area (Å²) in [5, 5.41) is 2.88. The van der Waals surface area contributed by atoms with E-state index in [2.05, 4.69) is 21.3 Å². The highest BCUT2D eigenvalue weighted by molar-refractivity contribution is 5.91. The number of hydrogen-bond donors (Lipinski definition) is 2. The Kier molecular flexibility index (Phi) is 6.34. The predicted octanol–water partition coefficient (Wildman–Crippen LogP) is 2.20. The molecule has 122 valence electrons. The second-order valence-corrected chi connectivity index (χ2v) is 6.35. The molecule has 0 aromatic carbocycles. The van der Waals surface area contributed by atoms with Gasteiger partial charge in [-0.15, -0.1) is 0 Å². The molecular weight excluding hydrogens is 276 g/mol. The summed E-state index contributed by atoms with van der Waals surface area (Å²) in [5.74, 6) is 1.14. The van der Waals surface area contributed by atoms with E-state index in [-0.39, 0.29) is 11.8 Å². The first kappa shape index (κ1) is 16.9. The number of carbonyl (C=O) groups is 1. The molecule has 5 nitrogen and oxygen atoms in total. The highest BCUT2D eigenvalue weighted by Gasteiger charge is 2.21. The van der Waals surface area contributed by atoms with Gasteiger partial charge in [0, 0.05) is 17.5 Å². The first-order valence-corrected chi connectivity index (χ1v) is 8.30. The van der Waals surface area contributed by atoms with Crippen molar-refractivity contribution < 1.29 is 4.79 Å². The largest absolute Gasteiger partial charge is 0.330 e. The summed E-state index contributed by atoms with van der Waals surface area (Å²) in [6.07, 6.45) is 3.32. The van der Waals surface area contributed by atoms with Crippen LogP contribution in [0.4, 0.5) is 5.82 Å². The van der Waals surface area contributed by atoms with E-state index in [0.29, 0.717) is 11.7 Å². The van der Waals surface area contributed by atoms with Gasteiger partial charge >= 0.3 is 0 Å². The summed E-state index contributed by atoms with van der Waals surface area (Å²) < 4.78 is 0. The molecule has 0 bridgehead atoms. The van der Waals surface area contributed by atoms with Crippen LogP contribution in [0.3, 0.4) is 0 Å². The normalized spacial score (nSPS) is 16.9. The highest BCUT2D eigenvalue weighted by Crippen LogP contribution is 2.27. The number of nitrogens with zero attached hydrogens (tertiary/aromatic N) is 2. The smallest absolute Gasteiger partial charge is 0.228 e. The van der Waals surface area contributed by atoms with Gasteiger partial charge in [-0.1, -0.05) is 19.9 Å². The third-order valence-electron chi connectivity index (χ3n) is 4.23. The monoisotopic (exact) mass is 304 g/mol. The Morgan fingerprint density at radius 1 is 1.41 bits per heavy atom. The molecule has 1 aliphatic heterocycles.